The van der Waals surface area contributed by atoms with Crippen molar-refractivity contribution in [2.75, 3.05) is 26.0 Å². The van der Waals surface area contributed by atoms with Crippen LogP contribution in [0.15, 0.2) is 29.3 Å². The van der Waals surface area contributed by atoms with Crippen molar-refractivity contribution in [3.8, 4) is 0 Å². The highest BCUT2D eigenvalue weighted by atomic mass is 16.2. The van der Waals surface area contributed by atoms with Crippen LogP contribution in [0, 0.1) is 0 Å². The second-order valence-electron chi connectivity index (χ2n) is 4.55. The first-order valence-corrected chi connectivity index (χ1v) is 6.33. The van der Waals surface area contributed by atoms with Gasteiger partial charge in [0.05, 0.1) is 6.34 Å². The molecule has 0 aliphatic heterocycles. The minimum absolute atomic E-state index is 0.0912. The number of hydrogen-bond donors (Lipinski definition) is 2. The Morgan fingerprint density at radius 3 is 2.47 bits per heavy atom. The number of nitrogens with one attached hydrogen (secondary N) is 2. The van der Waals surface area contributed by atoms with Crippen LogP contribution in [-0.2, 0) is 4.79 Å². The number of carbonyl (C=O) groups excluding carboxylic acids is 1. The van der Waals surface area contributed by atoms with E-state index in [1.54, 1.807) is 25.4 Å². The second-order valence-corrected chi connectivity index (χ2v) is 4.55. The Kier molecular flexibility index (Phi) is 6.02. The highest BCUT2D eigenvalue weighted by molar-refractivity contribution is 5.93. The molecule has 0 saturated carbocycles. The minimum atomic E-state index is -0.0912. The van der Waals surface area contributed by atoms with Gasteiger partial charge in [-0.2, -0.15) is 0 Å². The lowest BCUT2D eigenvalue weighted by atomic mass is 10.0. The molecule has 104 valence electrons. The monoisotopic (exact) mass is 262 g/mol. The minimum Gasteiger partial charge on any atom is -0.324 e. The molecule has 5 nitrogen and oxygen atoms in total. The maximum absolute atomic E-state index is 11.8. The van der Waals surface area contributed by atoms with Crippen molar-refractivity contribution in [3.05, 3.63) is 29.8 Å². The first-order valence-electron chi connectivity index (χ1n) is 6.33. The van der Waals surface area contributed by atoms with E-state index in [4.69, 9.17) is 0 Å². The van der Waals surface area contributed by atoms with Crippen molar-refractivity contribution < 1.29 is 4.79 Å². The summed E-state index contributed by atoms with van der Waals surface area (Å²) >= 11 is 0. The summed E-state index contributed by atoms with van der Waals surface area (Å²) in [5.74, 6) is 0.400. The predicted molar refractivity (Wildman–Crippen MR) is 79.3 cm³/mol. The Hall–Kier alpha value is -1.88. The van der Waals surface area contributed by atoms with Gasteiger partial charge in [0.1, 0.15) is 6.54 Å². The normalized spacial score (nSPS) is 11.0. The summed E-state index contributed by atoms with van der Waals surface area (Å²) in [5, 5.41) is 4.46. The van der Waals surface area contributed by atoms with Crippen LogP contribution in [0.3, 0.4) is 0 Å². The summed E-state index contributed by atoms with van der Waals surface area (Å²) < 4.78 is 0. The highest BCUT2D eigenvalue weighted by Gasteiger charge is 2.07. The Morgan fingerprint density at radius 1 is 1.37 bits per heavy atom. The third-order valence-corrected chi connectivity index (χ3v) is 2.72. The number of aliphatic imine (C=N–C) groups is 1. The van der Waals surface area contributed by atoms with E-state index in [9.17, 15) is 4.79 Å². The molecule has 0 fully saturated rings. The molecule has 0 aromatic heterocycles. The van der Waals surface area contributed by atoms with E-state index in [0.717, 1.165) is 5.69 Å². The fourth-order valence-electron chi connectivity index (χ4n) is 1.62. The molecule has 1 rings (SSSR count). The van der Waals surface area contributed by atoms with Gasteiger partial charge in [-0.15, -0.1) is 0 Å². The third kappa shape index (κ3) is 5.09. The van der Waals surface area contributed by atoms with Gasteiger partial charge >= 0.3 is 0 Å². The second kappa shape index (κ2) is 7.53. The maximum atomic E-state index is 11.8. The molecule has 1 amide bonds. The average Bonchev–Trinajstić information content (AvgIpc) is 2.38. The van der Waals surface area contributed by atoms with E-state index in [1.807, 2.05) is 24.3 Å². The average molecular weight is 262 g/mol. The number of hydrogen-bond acceptors (Lipinski definition) is 3. The van der Waals surface area contributed by atoms with E-state index < -0.39 is 0 Å². The van der Waals surface area contributed by atoms with Crippen LogP contribution in [0.5, 0.6) is 0 Å². The number of anilines is 1. The van der Waals surface area contributed by atoms with Crippen molar-refractivity contribution in [2.45, 2.75) is 19.8 Å². The summed E-state index contributed by atoms with van der Waals surface area (Å²) in [4.78, 5) is 15.7. The zero-order chi connectivity index (χ0) is 14.3. The van der Waals surface area contributed by atoms with Crippen LogP contribution in [-0.4, -0.2) is 37.9 Å². The Morgan fingerprint density at radius 2 is 2.00 bits per heavy atom. The summed E-state index contributed by atoms with van der Waals surface area (Å²) in [6, 6.07) is 7.91. The molecular weight excluding hydrogens is 240 g/mol. The van der Waals surface area contributed by atoms with E-state index in [1.165, 1.54) is 5.56 Å². The van der Waals surface area contributed by atoms with Crippen molar-refractivity contribution in [1.29, 1.82) is 0 Å². The number of rotatable bonds is 6. The highest BCUT2D eigenvalue weighted by Crippen LogP contribution is 2.16. The summed E-state index contributed by atoms with van der Waals surface area (Å²) in [5.41, 5.74) is 4.93. The number of carbonyl (C=O) groups is 1. The fourth-order valence-corrected chi connectivity index (χ4v) is 1.62. The molecule has 0 spiro atoms. The summed E-state index contributed by atoms with van der Waals surface area (Å²) in [6.45, 7) is 4.49. The maximum Gasteiger partial charge on any atom is 0.245 e. The van der Waals surface area contributed by atoms with Gasteiger partial charge < -0.3 is 5.32 Å². The van der Waals surface area contributed by atoms with Gasteiger partial charge in [-0.05, 0) is 23.6 Å². The third-order valence-electron chi connectivity index (χ3n) is 2.72. The van der Waals surface area contributed by atoms with Crippen LogP contribution in [0.25, 0.3) is 0 Å². The molecule has 0 aliphatic rings. The van der Waals surface area contributed by atoms with Crippen molar-refractivity contribution in [2.24, 2.45) is 4.99 Å². The van der Waals surface area contributed by atoms with Gasteiger partial charge in [-0.25, -0.2) is 5.43 Å². The molecule has 0 bridgehead atoms. The van der Waals surface area contributed by atoms with Crippen molar-refractivity contribution in [3.63, 3.8) is 0 Å². The first kappa shape index (κ1) is 15.2. The molecule has 0 atom stereocenters. The molecular formula is C14H22N4O. The zero-order valence-electron chi connectivity index (χ0n) is 12.0. The van der Waals surface area contributed by atoms with Gasteiger partial charge in [0, 0.05) is 19.8 Å². The summed E-state index contributed by atoms with van der Waals surface area (Å²) in [6.07, 6.45) is 1.57. The fraction of sp³-hybridized carbons (Fsp3) is 0.429. The lowest BCUT2D eigenvalue weighted by molar-refractivity contribution is -0.116. The van der Waals surface area contributed by atoms with Crippen LogP contribution < -0.4 is 10.7 Å². The molecule has 2 N–H and O–H groups in total. The molecule has 5 heteroatoms. The molecule has 0 unspecified atom stereocenters. The standard InChI is InChI=1S/C14H22N4O/c1-11(2)12-5-7-13(8-6-12)17-14(19)9-18(16-4)10-15-3/h5-8,10-11,16H,9H2,1-4H3,(H,17,19). The predicted octanol–water partition coefficient (Wildman–Crippen LogP) is 1.84. The Labute approximate surface area is 114 Å². The van der Waals surface area contributed by atoms with Crippen LogP contribution >= 0.6 is 0 Å². The van der Waals surface area contributed by atoms with Crippen molar-refractivity contribution >= 4 is 17.9 Å². The largest absolute Gasteiger partial charge is 0.324 e. The van der Waals surface area contributed by atoms with Crippen LogP contribution in [0.1, 0.15) is 25.3 Å². The quantitative estimate of drug-likeness (QED) is 0.467. The lowest BCUT2D eigenvalue weighted by Crippen LogP contribution is -2.40. The van der Waals surface area contributed by atoms with Gasteiger partial charge in [-0.1, -0.05) is 26.0 Å². The number of nitrogens with zero attached hydrogens (tertiary/aromatic N) is 2. The smallest absolute Gasteiger partial charge is 0.245 e. The molecule has 0 aliphatic carbocycles. The van der Waals surface area contributed by atoms with E-state index in [-0.39, 0.29) is 12.5 Å². The van der Waals surface area contributed by atoms with E-state index in [0.29, 0.717) is 5.92 Å². The first-order chi connectivity index (χ1) is 9.06. The SMILES string of the molecule is CN=CN(CC(=O)Nc1ccc(C(C)C)cc1)NC. The molecule has 0 radical (unpaired) electrons. The van der Waals surface area contributed by atoms with Crippen LogP contribution in [0.2, 0.25) is 0 Å². The topological polar surface area (TPSA) is 56.7 Å². The van der Waals surface area contributed by atoms with Crippen molar-refractivity contribution in [1.82, 2.24) is 10.4 Å². The Bertz CT molecular complexity index is 426. The number of hydrazine groups is 1. The molecule has 1 aromatic rings. The van der Waals surface area contributed by atoms with E-state index >= 15 is 0 Å². The summed E-state index contributed by atoms with van der Waals surface area (Å²) in [7, 11) is 3.40. The van der Waals surface area contributed by atoms with Gasteiger partial charge in [0.2, 0.25) is 5.91 Å². The molecule has 0 heterocycles. The zero-order valence-corrected chi connectivity index (χ0v) is 12.0. The number of benzene rings is 1. The Balaban J connectivity index is 2.56. The molecule has 1 aromatic carbocycles. The molecule has 0 saturated heterocycles. The van der Waals surface area contributed by atoms with Gasteiger partial charge in [0.25, 0.3) is 0 Å². The molecule has 19 heavy (non-hydrogen) atoms. The van der Waals surface area contributed by atoms with Crippen LogP contribution in [0.4, 0.5) is 5.69 Å². The lowest BCUT2D eigenvalue weighted by Gasteiger charge is -2.17. The van der Waals surface area contributed by atoms with E-state index in [2.05, 4.69) is 29.6 Å². The van der Waals surface area contributed by atoms with Gasteiger partial charge in [0.15, 0.2) is 0 Å². The van der Waals surface area contributed by atoms with Gasteiger partial charge in [-0.3, -0.25) is 14.8 Å². The number of amides is 1.